The fraction of sp³-hybridized carbons (Fsp3) is 0.435. The lowest BCUT2D eigenvalue weighted by Gasteiger charge is -2.34. The van der Waals surface area contributed by atoms with Crippen molar-refractivity contribution in [1.29, 1.82) is 0 Å². The molecule has 1 amide bonds. The molecule has 1 aliphatic heterocycles. The maximum Gasteiger partial charge on any atom is 0.277 e. The third-order valence-corrected chi connectivity index (χ3v) is 7.41. The second kappa shape index (κ2) is 10.2. The zero-order valence-corrected chi connectivity index (χ0v) is 18.7. The summed E-state index contributed by atoms with van der Waals surface area (Å²) in [6.07, 6.45) is 1.98. The number of sulfonamides is 1. The second-order valence-electron chi connectivity index (χ2n) is 7.98. The van der Waals surface area contributed by atoms with Crippen LogP contribution >= 0.6 is 0 Å². The van der Waals surface area contributed by atoms with E-state index in [1.54, 1.807) is 17.0 Å². The van der Waals surface area contributed by atoms with E-state index in [0.29, 0.717) is 37.6 Å². The summed E-state index contributed by atoms with van der Waals surface area (Å²) in [5, 5.41) is 0. The van der Waals surface area contributed by atoms with Crippen molar-refractivity contribution < 1.29 is 18.1 Å². The smallest absolute Gasteiger partial charge is 0.277 e. The number of hydrogen-bond acceptors (Lipinski definition) is 3. The molecule has 3 rings (SSSR count). The molecule has 1 fully saturated rings. The van der Waals surface area contributed by atoms with E-state index in [1.807, 2.05) is 37.4 Å². The Balaban J connectivity index is 1.52. The number of benzene rings is 2. The Hall–Kier alpha value is -2.22. The fourth-order valence-corrected chi connectivity index (χ4v) is 5.24. The van der Waals surface area contributed by atoms with E-state index in [0.717, 1.165) is 29.8 Å². The van der Waals surface area contributed by atoms with E-state index >= 15 is 0 Å². The molecule has 162 valence electrons. The number of aryl methyl sites for hydroxylation is 1. The van der Waals surface area contributed by atoms with Gasteiger partial charge in [-0.2, -0.15) is 4.31 Å². The number of nitrogens with one attached hydrogen (secondary N) is 1. The summed E-state index contributed by atoms with van der Waals surface area (Å²) in [7, 11) is -1.51. The number of carbonyl (C=O) groups excluding carboxylic acids is 1. The van der Waals surface area contributed by atoms with Crippen molar-refractivity contribution in [2.45, 2.75) is 31.2 Å². The van der Waals surface area contributed by atoms with E-state index in [1.165, 1.54) is 9.87 Å². The standard InChI is InChI=1S/C23H31N3O3S/c1-3-7-20-10-12-22(13-11-20)30(28,29)26-16-14-25(15-17-26)23(27)19-24(2)18-21-8-5-4-6-9-21/h4-6,8-13H,3,7,14-19H2,1-2H3/p+1. The van der Waals surface area contributed by atoms with Crippen molar-refractivity contribution in [3.8, 4) is 0 Å². The number of nitrogens with zero attached hydrogens (tertiary/aromatic N) is 2. The molecule has 1 saturated heterocycles. The highest BCUT2D eigenvalue weighted by Crippen LogP contribution is 2.19. The number of piperazine rings is 1. The van der Waals surface area contributed by atoms with E-state index in [4.69, 9.17) is 0 Å². The summed E-state index contributed by atoms with van der Waals surface area (Å²) in [4.78, 5) is 15.9. The van der Waals surface area contributed by atoms with Crippen molar-refractivity contribution in [3.63, 3.8) is 0 Å². The van der Waals surface area contributed by atoms with Crippen LogP contribution in [0.4, 0.5) is 0 Å². The first-order valence-corrected chi connectivity index (χ1v) is 12.1. The SMILES string of the molecule is CCCc1ccc(S(=O)(=O)N2CCN(C(=O)C[NH+](C)Cc3ccccc3)CC2)cc1. The largest absolute Gasteiger partial charge is 0.335 e. The molecule has 1 N–H and O–H groups in total. The summed E-state index contributed by atoms with van der Waals surface area (Å²) in [6, 6.07) is 17.3. The molecule has 1 unspecified atom stereocenters. The molecule has 0 radical (unpaired) electrons. The summed E-state index contributed by atoms with van der Waals surface area (Å²) >= 11 is 0. The van der Waals surface area contributed by atoms with E-state index in [2.05, 4.69) is 19.1 Å². The third-order valence-electron chi connectivity index (χ3n) is 5.49. The normalized spacial score (nSPS) is 16.4. The maximum absolute atomic E-state index is 12.9. The minimum atomic E-state index is -3.52. The minimum absolute atomic E-state index is 0.0735. The first-order chi connectivity index (χ1) is 14.4. The van der Waals surface area contributed by atoms with Crippen LogP contribution in [0.2, 0.25) is 0 Å². The van der Waals surface area contributed by atoms with Gasteiger partial charge in [-0.25, -0.2) is 8.42 Å². The van der Waals surface area contributed by atoms with Crippen molar-refractivity contribution in [2.75, 3.05) is 39.8 Å². The number of rotatable bonds is 8. The van der Waals surface area contributed by atoms with Crippen LogP contribution in [-0.2, 0) is 27.8 Å². The molecule has 0 aromatic heterocycles. The average Bonchev–Trinajstić information content (AvgIpc) is 2.75. The molecule has 0 spiro atoms. The van der Waals surface area contributed by atoms with Gasteiger partial charge in [-0.1, -0.05) is 55.8 Å². The molecule has 0 aliphatic carbocycles. The van der Waals surface area contributed by atoms with Gasteiger partial charge in [0, 0.05) is 31.7 Å². The second-order valence-corrected chi connectivity index (χ2v) is 9.91. The Labute approximate surface area is 180 Å². The molecule has 2 aromatic rings. The van der Waals surface area contributed by atoms with Gasteiger partial charge in [0.1, 0.15) is 6.54 Å². The highest BCUT2D eigenvalue weighted by Gasteiger charge is 2.30. The van der Waals surface area contributed by atoms with Gasteiger partial charge in [0.2, 0.25) is 10.0 Å². The van der Waals surface area contributed by atoms with Gasteiger partial charge in [0.15, 0.2) is 6.54 Å². The number of amides is 1. The van der Waals surface area contributed by atoms with Gasteiger partial charge in [-0.15, -0.1) is 0 Å². The van der Waals surface area contributed by atoms with Crippen LogP contribution in [0.15, 0.2) is 59.5 Å². The van der Waals surface area contributed by atoms with Crippen LogP contribution in [0.3, 0.4) is 0 Å². The first kappa shape index (κ1) is 22.5. The topological polar surface area (TPSA) is 62.1 Å². The van der Waals surface area contributed by atoms with Crippen LogP contribution in [0.25, 0.3) is 0 Å². The Morgan fingerprint density at radius 3 is 2.17 bits per heavy atom. The molecule has 6 nitrogen and oxygen atoms in total. The Kier molecular flexibility index (Phi) is 7.64. The highest BCUT2D eigenvalue weighted by molar-refractivity contribution is 7.89. The predicted molar refractivity (Wildman–Crippen MR) is 118 cm³/mol. The Bertz CT molecular complexity index is 922. The molecular weight excluding hydrogens is 398 g/mol. The van der Waals surface area contributed by atoms with Crippen molar-refractivity contribution >= 4 is 15.9 Å². The molecule has 0 bridgehead atoms. The Morgan fingerprint density at radius 1 is 0.933 bits per heavy atom. The van der Waals surface area contributed by atoms with Crippen LogP contribution in [0.5, 0.6) is 0 Å². The average molecular weight is 431 g/mol. The summed E-state index contributed by atoms with van der Waals surface area (Å²) < 4.78 is 27.4. The highest BCUT2D eigenvalue weighted by atomic mass is 32.2. The van der Waals surface area contributed by atoms with Crippen molar-refractivity contribution in [3.05, 3.63) is 65.7 Å². The summed E-state index contributed by atoms with van der Waals surface area (Å²) in [6.45, 7) is 4.84. The summed E-state index contributed by atoms with van der Waals surface area (Å²) in [5.41, 5.74) is 2.35. The fourth-order valence-electron chi connectivity index (χ4n) is 3.82. The Morgan fingerprint density at radius 2 is 1.57 bits per heavy atom. The van der Waals surface area contributed by atoms with Gasteiger partial charge >= 0.3 is 0 Å². The van der Waals surface area contributed by atoms with Crippen LogP contribution < -0.4 is 4.90 Å². The van der Waals surface area contributed by atoms with Crippen LogP contribution in [0, 0.1) is 0 Å². The molecular formula is C23H32N3O3S+. The van der Waals surface area contributed by atoms with Gasteiger partial charge < -0.3 is 9.80 Å². The van der Waals surface area contributed by atoms with Crippen molar-refractivity contribution in [2.24, 2.45) is 0 Å². The minimum Gasteiger partial charge on any atom is -0.335 e. The molecule has 1 atom stereocenters. The van der Waals surface area contributed by atoms with E-state index in [9.17, 15) is 13.2 Å². The number of quaternary nitrogens is 1. The van der Waals surface area contributed by atoms with Gasteiger partial charge in [0.05, 0.1) is 11.9 Å². The molecule has 30 heavy (non-hydrogen) atoms. The predicted octanol–water partition coefficient (Wildman–Crippen LogP) is 1.19. The van der Waals surface area contributed by atoms with Gasteiger partial charge in [-0.3, -0.25) is 4.79 Å². The maximum atomic E-state index is 12.9. The molecule has 2 aromatic carbocycles. The molecule has 0 saturated carbocycles. The lowest BCUT2D eigenvalue weighted by Crippen LogP contribution is -3.09. The van der Waals surface area contributed by atoms with Crippen molar-refractivity contribution in [1.82, 2.24) is 9.21 Å². The number of hydrogen-bond donors (Lipinski definition) is 1. The van der Waals surface area contributed by atoms with E-state index in [-0.39, 0.29) is 5.91 Å². The summed E-state index contributed by atoms with van der Waals surface area (Å²) in [5.74, 6) is 0.0735. The number of likely N-dealkylation sites (N-methyl/N-ethyl adjacent to an activating group) is 1. The number of carbonyl (C=O) groups is 1. The van der Waals surface area contributed by atoms with Gasteiger partial charge in [-0.05, 0) is 24.1 Å². The monoisotopic (exact) mass is 430 g/mol. The first-order valence-electron chi connectivity index (χ1n) is 10.6. The third kappa shape index (κ3) is 5.68. The zero-order chi connectivity index (χ0) is 21.6. The van der Waals surface area contributed by atoms with Crippen LogP contribution in [0.1, 0.15) is 24.5 Å². The lowest BCUT2D eigenvalue weighted by molar-refractivity contribution is -0.885. The molecule has 1 heterocycles. The quantitative estimate of drug-likeness (QED) is 0.684. The van der Waals surface area contributed by atoms with Crippen LogP contribution in [-0.4, -0.2) is 63.3 Å². The molecule has 1 aliphatic rings. The lowest BCUT2D eigenvalue weighted by atomic mass is 10.1. The van der Waals surface area contributed by atoms with Gasteiger partial charge in [0.25, 0.3) is 5.91 Å². The van der Waals surface area contributed by atoms with E-state index < -0.39 is 10.0 Å². The zero-order valence-electron chi connectivity index (χ0n) is 17.9. The molecule has 7 heteroatoms.